The zero-order valence-corrected chi connectivity index (χ0v) is 7.27. The molecule has 0 heterocycles. The highest BCUT2D eigenvalue weighted by Gasteiger charge is 2.29. The Morgan fingerprint density at radius 2 is 1.36 bits per heavy atom. The van der Waals surface area contributed by atoms with Gasteiger partial charge in [0, 0.05) is 0 Å². The third-order valence-electron chi connectivity index (χ3n) is 2.25. The van der Waals surface area contributed by atoms with E-state index < -0.39 is 0 Å². The molecular weight excluding hydrogens is 180 g/mol. The van der Waals surface area contributed by atoms with Crippen LogP contribution in [-0.4, -0.2) is 16.0 Å². The molecule has 0 atom stereocenters. The van der Waals surface area contributed by atoms with Crippen LogP contribution in [-0.2, 0) is 4.79 Å². The van der Waals surface area contributed by atoms with Gasteiger partial charge in [-0.05, 0) is 11.1 Å². The second kappa shape index (κ2) is 3.03. The van der Waals surface area contributed by atoms with Crippen molar-refractivity contribution in [2.45, 2.75) is 0 Å². The molecule has 0 aromatic heterocycles. The summed E-state index contributed by atoms with van der Waals surface area (Å²) in [5, 5.41) is 17.8. The Hall–Kier alpha value is -2.03. The molecule has 70 valence electrons. The lowest BCUT2D eigenvalue weighted by atomic mass is 10.1. The summed E-state index contributed by atoms with van der Waals surface area (Å²) in [7, 11) is 0. The predicted molar refractivity (Wildman–Crippen MR) is 52.7 cm³/mol. The molecule has 1 aromatic carbocycles. The quantitative estimate of drug-likeness (QED) is 0.484. The number of carbonyl (C=O) groups excluding carboxylic acids is 1. The minimum Gasteiger partial charge on any atom is -0.515 e. The molecule has 2 N–H and O–H groups in total. The molecular formula is C11H8O3. The van der Waals surface area contributed by atoms with E-state index in [4.69, 9.17) is 10.2 Å². The highest BCUT2D eigenvalue weighted by atomic mass is 16.2. The number of fused-ring (bicyclic) bond motifs is 1. The summed E-state index contributed by atoms with van der Waals surface area (Å²) in [5.74, 6) is -0.351. The molecule has 1 aliphatic rings. The summed E-state index contributed by atoms with van der Waals surface area (Å²) >= 11 is 0. The fourth-order valence-corrected chi connectivity index (χ4v) is 1.60. The molecule has 0 unspecified atom stereocenters. The van der Waals surface area contributed by atoms with Crippen molar-refractivity contribution in [3.8, 4) is 0 Å². The van der Waals surface area contributed by atoms with Gasteiger partial charge in [0.1, 0.15) is 0 Å². The maximum absolute atomic E-state index is 11.6. The average molecular weight is 188 g/mol. The van der Waals surface area contributed by atoms with Gasteiger partial charge in [-0.1, -0.05) is 24.3 Å². The molecule has 1 aromatic rings. The van der Waals surface area contributed by atoms with Crippen LogP contribution in [0.1, 0.15) is 11.1 Å². The molecule has 1 aliphatic carbocycles. The van der Waals surface area contributed by atoms with E-state index in [0.717, 1.165) is 12.5 Å². The molecule has 3 nitrogen and oxygen atoms in total. The van der Waals surface area contributed by atoms with Crippen LogP contribution in [0.4, 0.5) is 0 Å². The molecule has 0 saturated heterocycles. The molecule has 0 saturated carbocycles. The fourth-order valence-electron chi connectivity index (χ4n) is 1.60. The van der Waals surface area contributed by atoms with Crippen molar-refractivity contribution in [2.75, 3.05) is 0 Å². The zero-order valence-electron chi connectivity index (χ0n) is 7.27. The number of allylic oxidation sites excluding steroid dienone is 2. The highest BCUT2D eigenvalue weighted by Crippen LogP contribution is 2.36. The number of benzene rings is 1. The Morgan fingerprint density at radius 1 is 0.929 bits per heavy atom. The van der Waals surface area contributed by atoms with Crippen molar-refractivity contribution in [1.29, 1.82) is 0 Å². The normalized spacial score (nSPS) is 20.4. The summed E-state index contributed by atoms with van der Waals surface area (Å²) in [6.45, 7) is 0. The first kappa shape index (κ1) is 8.56. The minimum absolute atomic E-state index is 0.223. The SMILES string of the molecule is O=C1/C(=C\O)c2ccccc2/C1=C/O. The maximum Gasteiger partial charge on any atom is 0.200 e. The summed E-state index contributed by atoms with van der Waals surface area (Å²) in [4.78, 5) is 11.6. The average Bonchev–Trinajstić information content (AvgIpc) is 2.49. The lowest BCUT2D eigenvalue weighted by Crippen LogP contribution is -1.93. The topological polar surface area (TPSA) is 57.5 Å². The monoisotopic (exact) mass is 188 g/mol. The molecule has 0 radical (unpaired) electrons. The van der Waals surface area contributed by atoms with E-state index in [-0.39, 0.29) is 16.9 Å². The standard InChI is InChI=1S/C11H8O3/c12-5-9-7-3-1-2-4-8(7)10(6-13)11(9)14/h1-6,12-13H/b9-5-,10-6-. The van der Waals surface area contributed by atoms with Gasteiger partial charge in [-0.15, -0.1) is 0 Å². The van der Waals surface area contributed by atoms with Crippen molar-refractivity contribution < 1.29 is 15.0 Å². The van der Waals surface area contributed by atoms with E-state index in [1.54, 1.807) is 24.3 Å². The van der Waals surface area contributed by atoms with Crippen LogP contribution in [0.25, 0.3) is 11.1 Å². The van der Waals surface area contributed by atoms with Crippen molar-refractivity contribution in [3.05, 3.63) is 47.9 Å². The number of hydrogen-bond donors (Lipinski definition) is 2. The molecule has 0 spiro atoms. The van der Waals surface area contributed by atoms with Gasteiger partial charge >= 0.3 is 0 Å². The molecule has 0 fully saturated rings. The number of rotatable bonds is 0. The van der Waals surface area contributed by atoms with Crippen molar-refractivity contribution in [2.24, 2.45) is 0 Å². The van der Waals surface area contributed by atoms with Crippen molar-refractivity contribution in [1.82, 2.24) is 0 Å². The summed E-state index contributed by atoms with van der Waals surface area (Å²) < 4.78 is 0. The number of Topliss-reactive ketones (excluding diaryl/α,β-unsaturated/α-hetero) is 1. The van der Waals surface area contributed by atoms with Crippen molar-refractivity contribution >= 4 is 16.9 Å². The van der Waals surface area contributed by atoms with Gasteiger partial charge in [0.05, 0.1) is 23.7 Å². The smallest absolute Gasteiger partial charge is 0.200 e. The van der Waals surface area contributed by atoms with Gasteiger partial charge in [-0.25, -0.2) is 0 Å². The van der Waals surface area contributed by atoms with Crippen LogP contribution in [0.15, 0.2) is 36.8 Å². The molecule has 14 heavy (non-hydrogen) atoms. The van der Waals surface area contributed by atoms with Crippen molar-refractivity contribution in [3.63, 3.8) is 0 Å². The van der Waals surface area contributed by atoms with E-state index in [9.17, 15) is 4.79 Å². The molecule has 0 bridgehead atoms. The van der Waals surface area contributed by atoms with Crippen LogP contribution < -0.4 is 0 Å². The van der Waals surface area contributed by atoms with E-state index in [2.05, 4.69) is 0 Å². The van der Waals surface area contributed by atoms with Gasteiger partial charge in [0.15, 0.2) is 5.78 Å². The van der Waals surface area contributed by atoms with Gasteiger partial charge in [-0.3, -0.25) is 4.79 Å². The fraction of sp³-hybridized carbons (Fsp3) is 0. The van der Waals surface area contributed by atoms with Crippen LogP contribution in [0.5, 0.6) is 0 Å². The highest BCUT2D eigenvalue weighted by molar-refractivity contribution is 6.47. The summed E-state index contributed by atoms with van der Waals surface area (Å²) in [6.07, 6.45) is 1.55. The Balaban J connectivity index is 2.75. The molecule has 3 heteroatoms. The molecule has 2 rings (SSSR count). The second-order valence-electron chi connectivity index (χ2n) is 2.96. The van der Waals surface area contributed by atoms with Gasteiger partial charge in [0.25, 0.3) is 0 Å². The third kappa shape index (κ3) is 0.956. The van der Waals surface area contributed by atoms with Gasteiger partial charge < -0.3 is 10.2 Å². The Morgan fingerprint density at radius 3 is 1.71 bits per heavy atom. The van der Waals surface area contributed by atoms with Crippen LogP contribution in [0.3, 0.4) is 0 Å². The van der Waals surface area contributed by atoms with Gasteiger partial charge in [0.2, 0.25) is 0 Å². The van der Waals surface area contributed by atoms with E-state index in [1.165, 1.54) is 0 Å². The number of aliphatic hydroxyl groups excluding tert-OH is 2. The first-order valence-electron chi connectivity index (χ1n) is 4.13. The zero-order chi connectivity index (χ0) is 10.1. The van der Waals surface area contributed by atoms with Gasteiger partial charge in [-0.2, -0.15) is 0 Å². The number of aliphatic hydroxyl groups is 2. The van der Waals surface area contributed by atoms with Crippen LogP contribution in [0.2, 0.25) is 0 Å². The lowest BCUT2D eigenvalue weighted by Gasteiger charge is -1.95. The first-order chi connectivity index (χ1) is 6.79. The number of hydrogen-bond acceptors (Lipinski definition) is 3. The van der Waals surface area contributed by atoms with Crippen LogP contribution in [0, 0.1) is 0 Å². The largest absolute Gasteiger partial charge is 0.515 e. The number of carbonyl (C=O) groups is 1. The molecule has 0 aliphatic heterocycles. The second-order valence-corrected chi connectivity index (χ2v) is 2.96. The summed E-state index contributed by atoms with van der Waals surface area (Å²) in [6, 6.07) is 7.00. The minimum atomic E-state index is -0.351. The molecule has 0 amide bonds. The Labute approximate surface area is 80.6 Å². The van der Waals surface area contributed by atoms with E-state index in [1.807, 2.05) is 0 Å². The van der Waals surface area contributed by atoms with E-state index in [0.29, 0.717) is 11.1 Å². The van der Waals surface area contributed by atoms with E-state index >= 15 is 0 Å². The Kier molecular flexibility index (Phi) is 1.85. The Bertz CT molecular complexity index is 414. The summed E-state index contributed by atoms with van der Waals surface area (Å²) in [5.41, 5.74) is 1.75. The maximum atomic E-state index is 11.6. The number of ketones is 1. The lowest BCUT2D eigenvalue weighted by molar-refractivity contribution is -0.108. The third-order valence-corrected chi connectivity index (χ3v) is 2.25. The predicted octanol–water partition coefficient (Wildman–Crippen LogP) is 2.07. The first-order valence-corrected chi connectivity index (χ1v) is 4.13. The van der Waals surface area contributed by atoms with Crippen LogP contribution >= 0.6 is 0 Å².